The summed E-state index contributed by atoms with van der Waals surface area (Å²) in [6.07, 6.45) is 2.06. The van der Waals surface area contributed by atoms with Crippen LogP contribution in [0.4, 0.5) is 5.69 Å². The number of halogens is 3. The van der Waals surface area contributed by atoms with Crippen molar-refractivity contribution >= 4 is 44.8 Å². The highest BCUT2D eigenvalue weighted by atomic mass is 79.9. The fraction of sp³-hybridized carbons (Fsp3) is 0.200. The molecule has 1 aliphatic carbocycles. The van der Waals surface area contributed by atoms with Crippen LogP contribution in [0.2, 0.25) is 10.0 Å². The molecule has 4 heteroatoms. The molecule has 0 bridgehead atoms. The summed E-state index contributed by atoms with van der Waals surface area (Å²) in [6.45, 7) is 0. The Balaban J connectivity index is 1.80. The van der Waals surface area contributed by atoms with Gasteiger partial charge in [0.15, 0.2) is 0 Å². The molecule has 1 nitrogen and oxygen atoms in total. The molecular weight excluding hydrogens is 345 g/mol. The Hall–Kier alpha value is -0.700. The molecule has 2 aromatic carbocycles. The molecule has 2 aromatic rings. The predicted octanol–water partition coefficient (Wildman–Crippen LogP) is 5.34. The summed E-state index contributed by atoms with van der Waals surface area (Å²) in [6, 6.07) is 12.8. The Kier molecular flexibility index (Phi) is 3.75. The van der Waals surface area contributed by atoms with Crippen molar-refractivity contribution in [1.29, 1.82) is 0 Å². The third kappa shape index (κ3) is 2.62. The van der Waals surface area contributed by atoms with Gasteiger partial charge in [-0.2, -0.15) is 0 Å². The van der Waals surface area contributed by atoms with E-state index >= 15 is 0 Å². The van der Waals surface area contributed by atoms with Gasteiger partial charge in [-0.05, 0) is 52.0 Å². The van der Waals surface area contributed by atoms with E-state index in [1.165, 1.54) is 11.1 Å². The summed E-state index contributed by atoms with van der Waals surface area (Å²) in [5.41, 5.74) is 3.73. The van der Waals surface area contributed by atoms with Crippen molar-refractivity contribution in [3.8, 4) is 0 Å². The minimum atomic E-state index is 0.382. The number of fused-ring (bicyclic) bond motifs is 1. The Morgan fingerprint density at radius 3 is 2.21 bits per heavy atom. The second kappa shape index (κ2) is 5.35. The van der Waals surface area contributed by atoms with Crippen LogP contribution in [0, 0.1) is 0 Å². The highest BCUT2D eigenvalue weighted by molar-refractivity contribution is 9.10. The lowest BCUT2D eigenvalue weighted by Crippen LogP contribution is -2.19. The molecule has 0 radical (unpaired) electrons. The van der Waals surface area contributed by atoms with E-state index in [1.54, 1.807) is 0 Å². The normalized spacial score (nSPS) is 14.5. The van der Waals surface area contributed by atoms with E-state index in [-0.39, 0.29) is 0 Å². The average Bonchev–Trinajstić information content (AvgIpc) is 2.82. The Morgan fingerprint density at radius 2 is 1.58 bits per heavy atom. The summed E-state index contributed by atoms with van der Waals surface area (Å²) < 4.78 is 0.819. The van der Waals surface area contributed by atoms with Crippen molar-refractivity contribution < 1.29 is 0 Å². The van der Waals surface area contributed by atoms with Crippen LogP contribution in [-0.4, -0.2) is 6.04 Å². The minimum Gasteiger partial charge on any atom is -0.380 e. The third-order valence-corrected chi connectivity index (χ3v) is 5.22. The average molecular weight is 357 g/mol. The zero-order chi connectivity index (χ0) is 13.4. The minimum absolute atomic E-state index is 0.382. The summed E-state index contributed by atoms with van der Waals surface area (Å²) >= 11 is 15.8. The van der Waals surface area contributed by atoms with Gasteiger partial charge in [-0.15, -0.1) is 0 Å². The van der Waals surface area contributed by atoms with Crippen molar-refractivity contribution in [2.75, 3.05) is 5.32 Å². The van der Waals surface area contributed by atoms with E-state index in [2.05, 4.69) is 45.5 Å². The van der Waals surface area contributed by atoms with Crippen LogP contribution >= 0.6 is 39.1 Å². The van der Waals surface area contributed by atoms with Crippen LogP contribution in [0.3, 0.4) is 0 Å². The molecule has 0 atom stereocenters. The van der Waals surface area contributed by atoms with Gasteiger partial charge in [-0.3, -0.25) is 0 Å². The van der Waals surface area contributed by atoms with Gasteiger partial charge in [0, 0.05) is 10.5 Å². The van der Waals surface area contributed by atoms with Crippen molar-refractivity contribution in [2.24, 2.45) is 0 Å². The molecular formula is C15H12BrCl2N. The van der Waals surface area contributed by atoms with Crippen LogP contribution in [0.1, 0.15) is 11.1 Å². The first-order chi connectivity index (χ1) is 9.15. The van der Waals surface area contributed by atoms with E-state index in [9.17, 15) is 0 Å². The molecule has 0 heterocycles. The van der Waals surface area contributed by atoms with Gasteiger partial charge in [0.1, 0.15) is 0 Å². The zero-order valence-corrected chi connectivity index (χ0v) is 13.2. The van der Waals surface area contributed by atoms with Crippen LogP contribution in [0.5, 0.6) is 0 Å². The number of rotatable bonds is 2. The predicted molar refractivity (Wildman–Crippen MR) is 85.4 cm³/mol. The van der Waals surface area contributed by atoms with Gasteiger partial charge < -0.3 is 5.32 Å². The number of nitrogens with one attached hydrogen (secondary N) is 1. The van der Waals surface area contributed by atoms with Crippen LogP contribution < -0.4 is 5.32 Å². The molecule has 0 fully saturated rings. The maximum atomic E-state index is 6.26. The fourth-order valence-corrected chi connectivity index (χ4v) is 3.35. The van der Waals surface area contributed by atoms with E-state index in [4.69, 9.17) is 23.2 Å². The molecule has 3 rings (SSSR count). The van der Waals surface area contributed by atoms with Crippen molar-refractivity contribution in [3.63, 3.8) is 0 Å². The lowest BCUT2D eigenvalue weighted by Gasteiger charge is -2.16. The van der Waals surface area contributed by atoms with Crippen LogP contribution in [0.15, 0.2) is 40.9 Å². The SMILES string of the molecule is Clc1c(Br)ccc(NC2Cc3ccccc3C2)c1Cl. The molecule has 0 amide bonds. The summed E-state index contributed by atoms with van der Waals surface area (Å²) in [7, 11) is 0. The lowest BCUT2D eigenvalue weighted by atomic mass is 10.1. The molecule has 98 valence electrons. The quantitative estimate of drug-likeness (QED) is 0.716. The highest BCUT2D eigenvalue weighted by Crippen LogP contribution is 2.37. The van der Waals surface area contributed by atoms with E-state index in [1.807, 2.05) is 12.1 Å². The van der Waals surface area contributed by atoms with Crippen molar-refractivity contribution in [1.82, 2.24) is 0 Å². The Bertz CT molecular complexity index is 603. The highest BCUT2D eigenvalue weighted by Gasteiger charge is 2.21. The molecule has 19 heavy (non-hydrogen) atoms. The smallest absolute Gasteiger partial charge is 0.0835 e. The van der Waals surface area contributed by atoms with Gasteiger partial charge in [-0.25, -0.2) is 0 Å². The zero-order valence-electron chi connectivity index (χ0n) is 10.1. The van der Waals surface area contributed by atoms with Gasteiger partial charge in [0.25, 0.3) is 0 Å². The first-order valence-electron chi connectivity index (χ1n) is 6.12. The molecule has 0 unspecified atom stereocenters. The first-order valence-corrected chi connectivity index (χ1v) is 7.67. The maximum absolute atomic E-state index is 6.26. The number of benzene rings is 2. The van der Waals surface area contributed by atoms with Crippen LogP contribution in [-0.2, 0) is 12.8 Å². The second-order valence-corrected chi connectivity index (χ2v) is 6.35. The van der Waals surface area contributed by atoms with E-state index in [0.29, 0.717) is 16.1 Å². The molecule has 0 aromatic heterocycles. The fourth-order valence-electron chi connectivity index (χ4n) is 2.52. The standard InChI is InChI=1S/C15H12BrCl2N/c16-12-5-6-13(15(18)14(12)17)19-11-7-9-3-1-2-4-10(9)8-11/h1-6,11,19H,7-8H2. The number of hydrogen-bond acceptors (Lipinski definition) is 1. The Labute approximate surface area is 131 Å². The maximum Gasteiger partial charge on any atom is 0.0835 e. The van der Waals surface area contributed by atoms with E-state index < -0.39 is 0 Å². The topological polar surface area (TPSA) is 12.0 Å². The lowest BCUT2D eigenvalue weighted by molar-refractivity contribution is 0.774. The molecule has 0 spiro atoms. The first kappa shape index (κ1) is 13.3. The second-order valence-electron chi connectivity index (χ2n) is 4.74. The molecule has 1 aliphatic rings. The molecule has 1 N–H and O–H groups in total. The van der Waals surface area contributed by atoms with Gasteiger partial charge in [-0.1, -0.05) is 47.5 Å². The monoisotopic (exact) mass is 355 g/mol. The number of hydrogen-bond donors (Lipinski definition) is 1. The number of anilines is 1. The summed E-state index contributed by atoms with van der Waals surface area (Å²) in [5.74, 6) is 0. The third-order valence-electron chi connectivity index (χ3n) is 3.45. The summed E-state index contributed by atoms with van der Waals surface area (Å²) in [5, 5.41) is 4.62. The van der Waals surface area contributed by atoms with Gasteiger partial charge in [0.2, 0.25) is 0 Å². The summed E-state index contributed by atoms with van der Waals surface area (Å²) in [4.78, 5) is 0. The van der Waals surface area contributed by atoms with Gasteiger partial charge in [0.05, 0.1) is 15.7 Å². The van der Waals surface area contributed by atoms with Crippen LogP contribution in [0.25, 0.3) is 0 Å². The molecule has 0 saturated heterocycles. The van der Waals surface area contributed by atoms with Crippen molar-refractivity contribution in [3.05, 3.63) is 62.0 Å². The largest absolute Gasteiger partial charge is 0.380 e. The Morgan fingerprint density at radius 1 is 0.947 bits per heavy atom. The van der Waals surface area contributed by atoms with Gasteiger partial charge >= 0.3 is 0 Å². The van der Waals surface area contributed by atoms with Crippen molar-refractivity contribution in [2.45, 2.75) is 18.9 Å². The van der Waals surface area contributed by atoms with E-state index in [0.717, 1.165) is 23.0 Å². The molecule has 0 saturated carbocycles. The molecule has 0 aliphatic heterocycles.